The van der Waals surface area contributed by atoms with E-state index in [-0.39, 0.29) is 17.7 Å². The highest BCUT2D eigenvalue weighted by Crippen LogP contribution is 2.42. The van der Waals surface area contributed by atoms with Crippen LogP contribution in [0.2, 0.25) is 0 Å². The number of aromatic nitrogens is 2. The van der Waals surface area contributed by atoms with E-state index in [0.717, 1.165) is 28.3 Å². The van der Waals surface area contributed by atoms with Crippen molar-refractivity contribution in [3.8, 4) is 5.69 Å². The monoisotopic (exact) mass is 321 g/mol. The first kappa shape index (κ1) is 14.8. The number of nitrogens with zero attached hydrogens (tertiary/aromatic N) is 2. The fraction of sp³-hybridized carbons (Fsp3) is 0.263. The Morgan fingerprint density at radius 3 is 2.71 bits per heavy atom. The fourth-order valence-electron chi connectivity index (χ4n) is 3.32. The highest BCUT2D eigenvalue weighted by atomic mass is 16.3. The molecule has 3 aromatic rings. The van der Waals surface area contributed by atoms with E-state index in [4.69, 9.17) is 9.52 Å². The summed E-state index contributed by atoms with van der Waals surface area (Å²) in [5.74, 6) is 1.00. The Hall–Kier alpha value is -2.82. The molecular weight excluding hydrogens is 302 g/mol. The van der Waals surface area contributed by atoms with Gasteiger partial charge in [0.05, 0.1) is 23.9 Å². The average Bonchev–Trinajstić information content (AvgIpc) is 3.22. The van der Waals surface area contributed by atoms with Gasteiger partial charge in [0.2, 0.25) is 5.91 Å². The van der Waals surface area contributed by atoms with Crippen molar-refractivity contribution in [2.75, 3.05) is 5.32 Å². The molecule has 2 aromatic heterocycles. The molecule has 122 valence electrons. The zero-order valence-electron chi connectivity index (χ0n) is 13.7. The summed E-state index contributed by atoms with van der Waals surface area (Å²) in [5.41, 5.74) is 4.06. The molecule has 0 aliphatic carbocycles. The van der Waals surface area contributed by atoms with Gasteiger partial charge in [0.15, 0.2) is 0 Å². The Morgan fingerprint density at radius 2 is 2.04 bits per heavy atom. The average molecular weight is 321 g/mol. The zero-order valence-corrected chi connectivity index (χ0v) is 13.7. The van der Waals surface area contributed by atoms with Crippen molar-refractivity contribution in [2.24, 2.45) is 0 Å². The Bertz CT molecular complexity index is 864. The van der Waals surface area contributed by atoms with Gasteiger partial charge in [0, 0.05) is 17.9 Å². The molecule has 24 heavy (non-hydrogen) atoms. The van der Waals surface area contributed by atoms with Crippen LogP contribution in [0.25, 0.3) is 5.69 Å². The first-order valence-corrected chi connectivity index (χ1v) is 8.15. The molecule has 5 heteroatoms. The van der Waals surface area contributed by atoms with Crippen molar-refractivity contribution in [2.45, 2.75) is 32.1 Å². The van der Waals surface area contributed by atoms with Crippen LogP contribution in [0.5, 0.6) is 0 Å². The first-order valence-electron chi connectivity index (χ1n) is 8.15. The number of carbonyl (C=O) groups is 1. The van der Waals surface area contributed by atoms with Crippen LogP contribution in [0.4, 0.5) is 5.82 Å². The number of nitrogens with one attached hydrogen (secondary N) is 1. The molecule has 4 rings (SSSR count). The van der Waals surface area contributed by atoms with Crippen molar-refractivity contribution in [3.63, 3.8) is 0 Å². The number of rotatable bonds is 3. The third kappa shape index (κ3) is 2.33. The molecule has 0 unspecified atom stereocenters. The minimum Gasteiger partial charge on any atom is -0.472 e. The predicted octanol–water partition coefficient (Wildman–Crippen LogP) is 4.06. The van der Waals surface area contributed by atoms with Gasteiger partial charge in [0.1, 0.15) is 5.82 Å². The lowest BCUT2D eigenvalue weighted by atomic mass is 9.85. The summed E-state index contributed by atoms with van der Waals surface area (Å²) in [4.78, 5) is 12.3. The number of amides is 1. The molecule has 1 aliphatic heterocycles. The molecule has 5 nitrogen and oxygen atoms in total. The van der Waals surface area contributed by atoms with E-state index in [1.54, 1.807) is 12.5 Å². The summed E-state index contributed by atoms with van der Waals surface area (Å²) < 4.78 is 7.09. The van der Waals surface area contributed by atoms with Crippen molar-refractivity contribution < 1.29 is 9.21 Å². The normalized spacial score (nSPS) is 17.0. The maximum atomic E-state index is 12.3. The predicted molar refractivity (Wildman–Crippen MR) is 91.5 cm³/mol. The van der Waals surface area contributed by atoms with Crippen LogP contribution in [-0.4, -0.2) is 15.7 Å². The molecule has 0 bridgehead atoms. The van der Waals surface area contributed by atoms with Crippen molar-refractivity contribution >= 4 is 11.7 Å². The SMILES string of the molecule is CC(C)c1nn(-c2ccccc2)c2c1[C@@H](c1ccoc1)CC(=O)N2. The second-order valence-electron chi connectivity index (χ2n) is 6.41. The van der Waals surface area contributed by atoms with Crippen LogP contribution in [0.15, 0.2) is 53.3 Å². The number of fused-ring (bicyclic) bond motifs is 1. The number of anilines is 1. The van der Waals surface area contributed by atoms with E-state index in [2.05, 4.69) is 19.2 Å². The Balaban J connectivity index is 1.95. The summed E-state index contributed by atoms with van der Waals surface area (Å²) in [6, 6.07) is 11.8. The lowest BCUT2D eigenvalue weighted by Crippen LogP contribution is -2.25. The second kappa shape index (κ2) is 5.67. The summed E-state index contributed by atoms with van der Waals surface area (Å²) in [5, 5.41) is 7.85. The van der Waals surface area contributed by atoms with E-state index < -0.39 is 0 Å². The van der Waals surface area contributed by atoms with Crippen LogP contribution in [0.1, 0.15) is 48.9 Å². The van der Waals surface area contributed by atoms with Crippen LogP contribution in [0, 0.1) is 0 Å². The number of hydrogen-bond acceptors (Lipinski definition) is 3. The van der Waals surface area contributed by atoms with Crippen LogP contribution < -0.4 is 5.32 Å². The molecule has 0 saturated carbocycles. The fourth-order valence-corrected chi connectivity index (χ4v) is 3.32. The highest BCUT2D eigenvalue weighted by Gasteiger charge is 2.34. The summed E-state index contributed by atoms with van der Waals surface area (Å²) in [6.45, 7) is 4.25. The van der Waals surface area contributed by atoms with Crippen LogP contribution in [0.3, 0.4) is 0 Å². The highest BCUT2D eigenvalue weighted by molar-refractivity contribution is 5.95. The number of carbonyl (C=O) groups excluding carboxylic acids is 1. The van der Waals surface area contributed by atoms with Gasteiger partial charge in [-0.05, 0) is 29.7 Å². The molecule has 1 atom stereocenters. The lowest BCUT2D eigenvalue weighted by molar-refractivity contribution is -0.116. The number of hydrogen-bond donors (Lipinski definition) is 1. The standard InChI is InChI=1S/C19H19N3O2/c1-12(2)18-17-15(13-8-9-24-11-13)10-16(23)20-19(17)22(21-18)14-6-4-3-5-7-14/h3-9,11-12,15H,10H2,1-2H3,(H,20,23)/t15-/m1/s1. The van der Waals surface area contributed by atoms with Gasteiger partial charge in [-0.15, -0.1) is 0 Å². The molecule has 1 aliphatic rings. The number of furan rings is 1. The Morgan fingerprint density at radius 1 is 1.25 bits per heavy atom. The summed E-state index contributed by atoms with van der Waals surface area (Å²) in [7, 11) is 0. The zero-order chi connectivity index (χ0) is 16.7. The number of benzene rings is 1. The third-order valence-corrected chi connectivity index (χ3v) is 4.44. The number of para-hydroxylation sites is 1. The van der Waals surface area contributed by atoms with Crippen molar-refractivity contribution in [1.29, 1.82) is 0 Å². The summed E-state index contributed by atoms with van der Waals surface area (Å²) in [6.07, 6.45) is 3.78. The van der Waals surface area contributed by atoms with Gasteiger partial charge >= 0.3 is 0 Å². The Kier molecular flexibility index (Phi) is 3.49. The molecule has 0 fully saturated rings. The van der Waals surface area contributed by atoms with E-state index in [0.29, 0.717) is 6.42 Å². The van der Waals surface area contributed by atoms with E-state index in [1.165, 1.54) is 0 Å². The molecule has 1 aromatic carbocycles. The van der Waals surface area contributed by atoms with E-state index in [9.17, 15) is 4.79 Å². The van der Waals surface area contributed by atoms with Gasteiger partial charge in [-0.25, -0.2) is 4.68 Å². The molecule has 3 heterocycles. The second-order valence-corrected chi connectivity index (χ2v) is 6.41. The maximum absolute atomic E-state index is 12.3. The Labute approximate surface area is 140 Å². The molecule has 1 N–H and O–H groups in total. The minimum absolute atomic E-state index is 0.00101. The van der Waals surface area contributed by atoms with Gasteiger partial charge in [-0.1, -0.05) is 32.0 Å². The molecule has 1 amide bonds. The van der Waals surface area contributed by atoms with Gasteiger partial charge in [-0.2, -0.15) is 5.10 Å². The largest absolute Gasteiger partial charge is 0.472 e. The molecule has 0 saturated heterocycles. The van der Waals surface area contributed by atoms with Crippen LogP contribution in [-0.2, 0) is 4.79 Å². The van der Waals surface area contributed by atoms with Crippen molar-refractivity contribution in [1.82, 2.24) is 9.78 Å². The first-order chi connectivity index (χ1) is 11.6. The third-order valence-electron chi connectivity index (χ3n) is 4.44. The lowest BCUT2D eigenvalue weighted by Gasteiger charge is -2.24. The van der Waals surface area contributed by atoms with E-state index in [1.807, 2.05) is 41.1 Å². The van der Waals surface area contributed by atoms with E-state index >= 15 is 0 Å². The topological polar surface area (TPSA) is 60.1 Å². The maximum Gasteiger partial charge on any atom is 0.226 e. The summed E-state index contributed by atoms with van der Waals surface area (Å²) >= 11 is 0. The smallest absolute Gasteiger partial charge is 0.226 e. The van der Waals surface area contributed by atoms with Crippen molar-refractivity contribution in [3.05, 3.63) is 65.7 Å². The molecular formula is C19H19N3O2. The van der Waals surface area contributed by atoms with Gasteiger partial charge < -0.3 is 9.73 Å². The van der Waals surface area contributed by atoms with Gasteiger partial charge in [-0.3, -0.25) is 4.79 Å². The molecule has 0 spiro atoms. The quantitative estimate of drug-likeness (QED) is 0.791. The molecule has 0 radical (unpaired) electrons. The van der Waals surface area contributed by atoms with Crippen LogP contribution >= 0.6 is 0 Å². The van der Waals surface area contributed by atoms with Gasteiger partial charge in [0.25, 0.3) is 0 Å². The minimum atomic E-state index is -0.0256.